The third-order valence-corrected chi connectivity index (χ3v) is 3.88. The van der Waals surface area contributed by atoms with Crippen molar-refractivity contribution >= 4 is 0 Å². The van der Waals surface area contributed by atoms with E-state index in [1.807, 2.05) is 0 Å². The van der Waals surface area contributed by atoms with Gasteiger partial charge in [-0.15, -0.1) is 0 Å². The van der Waals surface area contributed by atoms with Crippen molar-refractivity contribution in [1.82, 2.24) is 10.2 Å². The molecule has 1 saturated heterocycles. The van der Waals surface area contributed by atoms with Gasteiger partial charge in [0.2, 0.25) is 0 Å². The molecule has 90 valence electrons. The normalized spacial score (nSPS) is 27.9. The molecule has 0 radical (unpaired) electrons. The number of fused-ring (bicyclic) bond motifs is 1. The predicted octanol–water partition coefficient (Wildman–Crippen LogP) is 2.38. The van der Waals surface area contributed by atoms with Gasteiger partial charge in [-0.2, -0.15) is 0 Å². The van der Waals surface area contributed by atoms with Gasteiger partial charge in [-0.25, -0.2) is 0 Å². The van der Waals surface area contributed by atoms with Crippen LogP contribution in [0.5, 0.6) is 0 Å². The van der Waals surface area contributed by atoms with E-state index in [4.69, 9.17) is 0 Å². The number of hydrogen-bond acceptors (Lipinski definition) is 2. The zero-order valence-corrected chi connectivity index (χ0v) is 10.2. The number of nitrogens with zero attached hydrogens (tertiary/aromatic N) is 1. The van der Waals surface area contributed by atoms with Crippen LogP contribution in [0.15, 0.2) is 42.6 Å². The van der Waals surface area contributed by atoms with E-state index in [-0.39, 0.29) is 0 Å². The second kappa shape index (κ2) is 4.92. The van der Waals surface area contributed by atoms with Crippen molar-refractivity contribution in [1.29, 1.82) is 0 Å². The Kier molecular flexibility index (Phi) is 3.14. The van der Waals surface area contributed by atoms with Crippen LogP contribution in [0.25, 0.3) is 0 Å². The fourth-order valence-electron chi connectivity index (χ4n) is 3.06. The Morgan fingerprint density at radius 3 is 3.00 bits per heavy atom. The van der Waals surface area contributed by atoms with E-state index >= 15 is 0 Å². The summed E-state index contributed by atoms with van der Waals surface area (Å²) in [5.74, 6) is 0.746. The van der Waals surface area contributed by atoms with Crippen molar-refractivity contribution < 1.29 is 0 Å². The van der Waals surface area contributed by atoms with Crippen LogP contribution in [0.2, 0.25) is 0 Å². The fourth-order valence-corrected chi connectivity index (χ4v) is 3.06. The number of benzene rings is 1. The van der Waals surface area contributed by atoms with Gasteiger partial charge in [-0.3, -0.25) is 5.32 Å². The molecular formula is C15H20N2. The molecule has 2 heterocycles. The molecule has 17 heavy (non-hydrogen) atoms. The van der Waals surface area contributed by atoms with Crippen LogP contribution >= 0.6 is 0 Å². The molecule has 0 amide bonds. The summed E-state index contributed by atoms with van der Waals surface area (Å²) >= 11 is 0. The van der Waals surface area contributed by atoms with E-state index in [0.717, 1.165) is 12.5 Å². The molecule has 2 aliphatic heterocycles. The molecule has 3 rings (SSSR count). The summed E-state index contributed by atoms with van der Waals surface area (Å²) < 4.78 is 0. The van der Waals surface area contributed by atoms with Crippen LogP contribution in [-0.4, -0.2) is 24.2 Å². The summed E-state index contributed by atoms with van der Waals surface area (Å²) in [6.45, 7) is 2.23. The number of nitrogens with one attached hydrogen (secondary N) is 1. The molecule has 0 bridgehead atoms. The molecule has 0 saturated carbocycles. The minimum atomic E-state index is 0.550. The van der Waals surface area contributed by atoms with Gasteiger partial charge in [-0.05, 0) is 36.9 Å². The van der Waals surface area contributed by atoms with Crippen LogP contribution in [0.4, 0.5) is 0 Å². The van der Waals surface area contributed by atoms with Gasteiger partial charge in [0.1, 0.15) is 0 Å². The Morgan fingerprint density at radius 2 is 2.12 bits per heavy atom. The summed E-state index contributed by atoms with van der Waals surface area (Å²) in [7, 11) is 0. The van der Waals surface area contributed by atoms with Crippen molar-refractivity contribution in [3.05, 3.63) is 48.2 Å². The third kappa shape index (κ3) is 2.37. The Labute approximate surface area is 103 Å². The summed E-state index contributed by atoms with van der Waals surface area (Å²) in [4.78, 5) is 2.47. The summed E-state index contributed by atoms with van der Waals surface area (Å²) in [6.07, 6.45) is 8.91. The molecule has 1 N–H and O–H groups in total. The maximum atomic E-state index is 3.63. The van der Waals surface area contributed by atoms with Gasteiger partial charge >= 0.3 is 0 Å². The van der Waals surface area contributed by atoms with Crippen molar-refractivity contribution in [3.8, 4) is 0 Å². The predicted molar refractivity (Wildman–Crippen MR) is 70.5 cm³/mol. The lowest BCUT2D eigenvalue weighted by molar-refractivity contribution is 0.107. The van der Waals surface area contributed by atoms with E-state index in [2.05, 4.69) is 52.8 Å². The van der Waals surface area contributed by atoms with Crippen LogP contribution in [0.3, 0.4) is 0 Å². The van der Waals surface area contributed by atoms with Gasteiger partial charge < -0.3 is 4.90 Å². The Hall–Kier alpha value is -1.28. The summed E-state index contributed by atoms with van der Waals surface area (Å²) in [5.41, 5.74) is 1.47. The van der Waals surface area contributed by atoms with E-state index in [9.17, 15) is 0 Å². The largest absolute Gasteiger partial charge is 0.362 e. The first-order chi connectivity index (χ1) is 8.43. The first-order valence-corrected chi connectivity index (χ1v) is 6.63. The highest BCUT2D eigenvalue weighted by molar-refractivity contribution is 5.16. The van der Waals surface area contributed by atoms with Crippen molar-refractivity contribution in [2.24, 2.45) is 5.92 Å². The number of piperidine rings is 1. The number of hydrogen-bond donors (Lipinski definition) is 1. The van der Waals surface area contributed by atoms with Crippen LogP contribution in [0.1, 0.15) is 18.4 Å². The minimum absolute atomic E-state index is 0.550. The molecular weight excluding hydrogens is 208 g/mol. The van der Waals surface area contributed by atoms with Crippen LogP contribution < -0.4 is 5.32 Å². The monoisotopic (exact) mass is 228 g/mol. The van der Waals surface area contributed by atoms with Gasteiger partial charge in [0, 0.05) is 13.1 Å². The van der Waals surface area contributed by atoms with Crippen LogP contribution in [0, 0.1) is 5.92 Å². The smallest absolute Gasteiger partial charge is 0.0824 e. The zero-order chi connectivity index (χ0) is 11.5. The highest BCUT2D eigenvalue weighted by Crippen LogP contribution is 2.26. The van der Waals surface area contributed by atoms with Crippen LogP contribution in [-0.2, 0) is 6.42 Å². The molecule has 1 fully saturated rings. The average Bonchev–Trinajstić information content (AvgIpc) is 2.40. The third-order valence-electron chi connectivity index (χ3n) is 3.88. The number of rotatable bonds is 2. The first-order valence-electron chi connectivity index (χ1n) is 6.63. The lowest BCUT2D eigenvalue weighted by atomic mass is 9.88. The first kappa shape index (κ1) is 10.8. The molecule has 1 aromatic rings. The molecule has 2 heteroatoms. The average molecular weight is 228 g/mol. The second-order valence-corrected chi connectivity index (χ2v) is 5.07. The minimum Gasteiger partial charge on any atom is -0.362 e. The molecule has 0 aromatic heterocycles. The van der Waals surface area contributed by atoms with E-state index < -0.39 is 0 Å². The summed E-state index contributed by atoms with van der Waals surface area (Å²) in [6, 6.07) is 10.9. The zero-order valence-electron chi connectivity index (χ0n) is 10.2. The van der Waals surface area contributed by atoms with E-state index in [1.165, 1.54) is 31.4 Å². The van der Waals surface area contributed by atoms with E-state index in [0.29, 0.717) is 6.17 Å². The molecule has 2 atom stereocenters. The van der Waals surface area contributed by atoms with Crippen molar-refractivity contribution in [3.63, 3.8) is 0 Å². The molecule has 0 aliphatic carbocycles. The fraction of sp³-hybridized carbons (Fsp3) is 0.467. The van der Waals surface area contributed by atoms with Gasteiger partial charge in [0.25, 0.3) is 0 Å². The molecule has 1 aromatic carbocycles. The summed E-state index contributed by atoms with van der Waals surface area (Å²) in [5, 5.41) is 3.63. The Balaban J connectivity index is 1.72. The molecule has 2 unspecified atom stereocenters. The Morgan fingerprint density at radius 1 is 1.24 bits per heavy atom. The van der Waals surface area contributed by atoms with Crippen molar-refractivity contribution in [2.75, 3.05) is 13.1 Å². The topological polar surface area (TPSA) is 15.3 Å². The lowest BCUT2D eigenvalue weighted by Crippen LogP contribution is -2.53. The highest BCUT2D eigenvalue weighted by Gasteiger charge is 2.30. The van der Waals surface area contributed by atoms with Gasteiger partial charge in [-0.1, -0.05) is 36.4 Å². The quantitative estimate of drug-likeness (QED) is 0.836. The van der Waals surface area contributed by atoms with Gasteiger partial charge in [0.15, 0.2) is 0 Å². The lowest BCUT2D eigenvalue weighted by Gasteiger charge is -2.43. The maximum absolute atomic E-state index is 3.63. The molecule has 0 spiro atoms. The maximum Gasteiger partial charge on any atom is 0.0824 e. The van der Waals surface area contributed by atoms with Crippen molar-refractivity contribution in [2.45, 2.75) is 25.4 Å². The highest BCUT2D eigenvalue weighted by atomic mass is 15.3. The van der Waals surface area contributed by atoms with E-state index in [1.54, 1.807) is 0 Å². The second-order valence-electron chi connectivity index (χ2n) is 5.07. The molecule has 2 nitrogen and oxygen atoms in total. The molecule has 2 aliphatic rings. The SMILES string of the molecule is C1=CN2CCCC(Cc3ccccc3)C2NC1. The Bertz CT molecular complexity index is 385. The standard InChI is InChI=1S/C15H20N2/c1-2-6-13(7-3-1)12-14-8-4-10-17-11-5-9-16-15(14)17/h1-3,5-7,11,14-16H,4,8-10,12H2. The van der Waals surface area contributed by atoms with Gasteiger partial charge in [0.05, 0.1) is 6.17 Å².